The normalized spacial score (nSPS) is 19.5. The number of halogens is 1. The van der Waals surface area contributed by atoms with Crippen molar-refractivity contribution in [2.75, 3.05) is 5.32 Å². The number of hydrogen-bond donors (Lipinski definition) is 4. The molecule has 0 saturated heterocycles. The summed E-state index contributed by atoms with van der Waals surface area (Å²) in [5.74, 6) is 0.340. The number of hydrogen-bond acceptors (Lipinski definition) is 8. The molecule has 188 valence electrons. The van der Waals surface area contributed by atoms with Crippen LogP contribution in [-0.4, -0.2) is 41.0 Å². The molecule has 4 aromatic rings. The van der Waals surface area contributed by atoms with Crippen LogP contribution in [0.4, 0.5) is 16.0 Å². The van der Waals surface area contributed by atoms with Gasteiger partial charge in [0.2, 0.25) is 5.91 Å². The van der Waals surface area contributed by atoms with E-state index in [4.69, 9.17) is 0 Å². The summed E-state index contributed by atoms with van der Waals surface area (Å²) < 4.78 is 14.5. The molecule has 1 saturated carbocycles. The Morgan fingerprint density at radius 1 is 1.30 bits per heavy atom. The van der Waals surface area contributed by atoms with Crippen molar-refractivity contribution in [3.8, 4) is 11.9 Å². The highest BCUT2D eigenvalue weighted by Crippen LogP contribution is 2.46. The molecule has 1 aliphatic carbocycles. The second-order valence-electron chi connectivity index (χ2n) is 9.19. The molecule has 0 bridgehead atoms. The first kappa shape index (κ1) is 24.1. The zero-order valence-electron chi connectivity index (χ0n) is 20.1. The lowest BCUT2D eigenvalue weighted by Gasteiger charge is -2.42. The molecule has 0 spiro atoms. The van der Waals surface area contributed by atoms with Gasteiger partial charge in [0.25, 0.3) is 0 Å². The van der Waals surface area contributed by atoms with Crippen LogP contribution in [0.2, 0.25) is 0 Å². The molecular formula is C25H24FN9O2. The number of carbonyl (C=O) groups excluding carboxylic acids is 1. The van der Waals surface area contributed by atoms with E-state index in [1.165, 1.54) is 10.9 Å². The van der Waals surface area contributed by atoms with E-state index in [2.05, 4.69) is 42.0 Å². The Labute approximate surface area is 211 Å². The highest BCUT2D eigenvalue weighted by molar-refractivity contribution is 5.80. The number of aromatic amines is 1. The van der Waals surface area contributed by atoms with E-state index in [9.17, 15) is 19.6 Å². The SMILES string of the molecule is Cc1cc(Nc2ccc(C#N)c(C3(O)CC(C(=O)N[C@@H](C)c4ccc(-n5cc(F)cn5)nc4)C3)n2)n[nH]1. The number of pyridine rings is 2. The Morgan fingerprint density at radius 2 is 2.11 bits per heavy atom. The summed E-state index contributed by atoms with van der Waals surface area (Å²) in [5, 5.41) is 37.6. The van der Waals surface area contributed by atoms with E-state index in [1.54, 1.807) is 36.5 Å². The van der Waals surface area contributed by atoms with Gasteiger partial charge in [0.15, 0.2) is 17.5 Å². The number of nitrogens with one attached hydrogen (secondary N) is 3. The average Bonchev–Trinajstić information content (AvgIpc) is 3.49. The van der Waals surface area contributed by atoms with Crippen LogP contribution in [0, 0.1) is 30.0 Å². The van der Waals surface area contributed by atoms with Crippen LogP contribution < -0.4 is 10.6 Å². The fourth-order valence-electron chi connectivity index (χ4n) is 4.35. The maximum absolute atomic E-state index is 13.2. The number of aromatic nitrogens is 6. The number of aryl methyl sites for hydroxylation is 1. The molecule has 0 aliphatic heterocycles. The lowest BCUT2D eigenvalue weighted by atomic mass is 9.67. The van der Waals surface area contributed by atoms with Crippen LogP contribution in [-0.2, 0) is 10.4 Å². The van der Waals surface area contributed by atoms with Crippen molar-refractivity contribution in [1.29, 1.82) is 5.26 Å². The van der Waals surface area contributed by atoms with Gasteiger partial charge in [0, 0.05) is 23.9 Å². The number of H-pyrrole nitrogens is 1. The van der Waals surface area contributed by atoms with Gasteiger partial charge < -0.3 is 15.7 Å². The highest BCUT2D eigenvalue weighted by atomic mass is 19.1. The number of carbonyl (C=O) groups is 1. The van der Waals surface area contributed by atoms with Gasteiger partial charge in [-0.1, -0.05) is 6.07 Å². The van der Waals surface area contributed by atoms with Gasteiger partial charge >= 0.3 is 0 Å². The van der Waals surface area contributed by atoms with Crippen molar-refractivity contribution < 1.29 is 14.3 Å². The number of nitriles is 1. The first-order chi connectivity index (χ1) is 17.7. The molecule has 0 unspecified atom stereocenters. The van der Waals surface area contributed by atoms with Gasteiger partial charge in [-0.15, -0.1) is 0 Å². The van der Waals surface area contributed by atoms with Gasteiger partial charge in [0.1, 0.15) is 17.5 Å². The molecule has 0 aromatic carbocycles. The average molecular weight is 502 g/mol. The summed E-state index contributed by atoms with van der Waals surface area (Å²) in [6.45, 7) is 3.70. The lowest BCUT2D eigenvalue weighted by molar-refractivity contribution is -0.144. The quantitative estimate of drug-likeness (QED) is 0.301. The van der Waals surface area contributed by atoms with Gasteiger partial charge in [-0.3, -0.25) is 9.89 Å². The van der Waals surface area contributed by atoms with E-state index in [-0.39, 0.29) is 36.0 Å². The minimum atomic E-state index is -1.39. The summed E-state index contributed by atoms with van der Waals surface area (Å²) in [7, 11) is 0. The van der Waals surface area contributed by atoms with Gasteiger partial charge in [-0.25, -0.2) is 19.0 Å². The van der Waals surface area contributed by atoms with Gasteiger partial charge in [-0.2, -0.15) is 15.5 Å². The molecular weight excluding hydrogens is 477 g/mol. The van der Waals surface area contributed by atoms with E-state index in [0.717, 1.165) is 17.5 Å². The molecule has 5 rings (SSSR count). The predicted molar refractivity (Wildman–Crippen MR) is 130 cm³/mol. The summed E-state index contributed by atoms with van der Waals surface area (Å²) >= 11 is 0. The lowest BCUT2D eigenvalue weighted by Crippen LogP contribution is -2.49. The Hall–Kier alpha value is -4.63. The van der Waals surface area contributed by atoms with Gasteiger partial charge in [-0.05, 0) is 50.5 Å². The number of anilines is 2. The van der Waals surface area contributed by atoms with Crippen LogP contribution in [0.5, 0.6) is 0 Å². The predicted octanol–water partition coefficient (Wildman–Crippen LogP) is 2.92. The van der Waals surface area contributed by atoms with E-state index in [1.807, 2.05) is 13.8 Å². The van der Waals surface area contributed by atoms with E-state index < -0.39 is 17.3 Å². The first-order valence-electron chi connectivity index (χ1n) is 11.6. The molecule has 1 fully saturated rings. The Bertz CT molecular complexity index is 1480. The first-order valence-corrected chi connectivity index (χ1v) is 11.6. The van der Waals surface area contributed by atoms with Crippen molar-refractivity contribution in [3.05, 3.63) is 77.3 Å². The third kappa shape index (κ3) is 4.89. The van der Waals surface area contributed by atoms with Crippen LogP contribution in [0.15, 0.2) is 48.9 Å². The number of nitrogens with zero attached hydrogens (tertiary/aromatic N) is 6. The fourth-order valence-corrected chi connectivity index (χ4v) is 4.35. The zero-order valence-corrected chi connectivity index (χ0v) is 20.1. The van der Waals surface area contributed by atoms with Crippen molar-refractivity contribution in [2.24, 2.45) is 5.92 Å². The molecule has 12 heteroatoms. The second-order valence-corrected chi connectivity index (χ2v) is 9.19. The smallest absolute Gasteiger partial charge is 0.223 e. The Morgan fingerprint density at radius 3 is 2.73 bits per heavy atom. The summed E-state index contributed by atoms with van der Waals surface area (Å²) in [4.78, 5) is 21.6. The maximum atomic E-state index is 13.2. The van der Waals surface area contributed by atoms with Crippen LogP contribution in [0.3, 0.4) is 0 Å². The molecule has 0 radical (unpaired) electrons. The number of amides is 1. The molecule has 4 N–H and O–H groups in total. The minimum absolute atomic E-state index is 0.139. The van der Waals surface area contributed by atoms with Gasteiger partial charge in [0.05, 0.1) is 29.7 Å². The third-order valence-corrected chi connectivity index (χ3v) is 6.37. The molecule has 4 heterocycles. The maximum Gasteiger partial charge on any atom is 0.223 e. The zero-order chi connectivity index (χ0) is 26.2. The topological polar surface area (TPSA) is 157 Å². The van der Waals surface area contributed by atoms with Crippen molar-refractivity contribution in [2.45, 2.75) is 38.3 Å². The van der Waals surface area contributed by atoms with Crippen molar-refractivity contribution in [1.82, 2.24) is 35.3 Å². The van der Waals surface area contributed by atoms with Crippen LogP contribution in [0.1, 0.15) is 48.3 Å². The molecule has 37 heavy (non-hydrogen) atoms. The van der Waals surface area contributed by atoms with Crippen LogP contribution >= 0.6 is 0 Å². The molecule has 1 amide bonds. The van der Waals surface area contributed by atoms with Crippen molar-refractivity contribution in [3.63, 3.8) is 0 Å². The largest absolute Gasteiger partial charge is 0.383 e. The number of rotatable bonds is 7. The third-order valence-electron chi connectivity index (χ3n) is 6.37. The summed E-state index contributed by atoms with van der Waals surface area (Å²) in [5.41, 5.74) is 0.732. The molecule has 1 aliphatic rings. The number of aliphatic hydroxyl groups is 1. The highest BCUT2D eigenvalue weighted by Gasteiger charge is 2.49. The minimum Gasteiger partial charge on any atom is -0.383 e. The monoisotopic (exact) mass is 501 g/mol. The van der Waals surface area contributed by atoms with E-state index in [0.29, 0.717) is 17.5 Å². The fraction of sp³-hybridized carbons (Fsp3) is 0.280. The standard InChI is InChI=1S/C25H24FN9O2/c1-14-7-21(34-33-14)31-20-5-3-16(10-27)23(32-20)25(37)8-18(9-25)24(36)30-15(2)17-4-6-22(28-11-17)35-13-19(26)12-29-35/h3-7,11-13,15,18,37H,8-9H2,1-2H3,(H,30,36)(H2,31,32,33,34)/t15-,18?,25?/m0/s1. The molecule has 4 aromatic heterocycles. The van der Waals surface area contributed by atoms with Crippen molar-refractivity contribution >= 4 is 17.5 Å². The van der Waals surface area contributed by atoms with Crippen LogP contribution in [0.25, 0.3) is 5.82 Å². The Kier molecular flexibility index (Phi) is 6.14. The Balaban J connectivity index is 1.23. The second kappa shape index (κ2) is 9.44. The molecule has 1 atom stereocenters. The van der Waals surface area contributed by atoms with E-state index >= 15 is 0 Å². The molecule has 11 nitrogen and oxygen atoms in total. The summed E-state index contributed by atoms with van der Waals surface area (Å²) in [6, 6.07) is 10.2. The summed E-state index contributed by atoms with van der Waals surface area (Å²) in [6.07, 6.45) is 4.20.